The molecule has 0 saturated carbocycles. The Morgan fingerprint density at radius 1 is 0.696 bits per heavy atom. The predicted molar refractivity (Wildman–Crippen MR) is 77.4 cm³/mol. The van der Waals surface area contributed by atoms with Crippen LogP contribution >= 0.6 is 0 Å². The van der Waals surface area contributed by atoms with E-state index in [4.69, 9.17) is 0 Å². The van der Waals surface area contributed by atoms with E-state index in [2.05, 4.69) is 0 Å². The number of aromatic carboxylic acids is 2. The predicted octanol–water partition coefficient (Wildman–Crippen LogP) is 1.40. The van der Waals surface area contributed by atoms with Gasteiger partial charge in [0.05, 0.1) is 11.1 Å². The Labute approximate surface area is 130 Å². The summed E-state index contributed by atoms with van der Waals surface area (Å²) in [6.07, 6.45) is 0. The average Bonchev–Trinajstić information content (AvgIpc) is 2.53. The molecule has 7 nitrogen and oxygen atoms in total. The quantitative estimate of drug-likeness (QED) is 0.655. The lowest BCUT2D eigenvalue weighted by Gasteiger charge is -2.27. The zero-order valence-corrected chi connectivity index (χ0v) is 11.6. The molecule has 0 spiro atoms. The summed E-state index contributed by atoms with van der Waals surface area (Å²) in [5.74, 6) is -4.65. The first-order valence-electron chi connectivity index (χ1n) is 6.41. The van der Waals surface area contributed by atoms with E-state index in [0.717, 1.165) is 24.3 Å². The second kappa shape index (κ2) is 5.90. The summed E-state index contributed by atoms with van der Waals surface area (Å²) in [6, 6.07) is 10.0. The third kappa shape index (κ3) is 2.65. The van der Waals surface area contributed by atoms with Gasteiger partial charge in [-0.3, -0.25) is 0 Å². The third-order valence-corrected chi connectivity index (χ3v) is 3.40. The van der Waals surface area contributed by atoms with Crippen molar-refractivity contribution in [3.05, 3.63) is 70.8 Å². The minimum atomic E-state index is -2.82. The van der Waals surface area contributed by atoms with E-state index < -0.39 is 45.8 Å². The topological polar surface area (TPSA) is 132 Å². The fourth-order valence-electron chi connectivity index (χ4n) is 2.35. The molecule has 0 fully saturated rings. The van der Waals surface area contributed by atoms with Crippen LogP contribution in [0, 0.1) is 0 Å². The van der Waals surface area contributed by atoms with Gasteiger partial charge < -0.3 is 20.4 Å². The van der Waals surface area contributed by atoms with Crippen molar-refractivity contribution in [2.45, 2.75) is 5.60 Å². The molecule has 2 rings (SSSR count). The fourth-order valence-corrected chi connectivity index (χ4v) is 2.35. The Balaban J connectivity index is 2.85. The van der Waals surface area contributed by atoms with E-state index in [0.29, 0.717) is 0 Å². The molecule has 0 aliphatic heterocycles. The highest BCUT2D eigenvalue weighted by molar-refractivity contribution is 5.97. The molecule has 118 valence electrons. The van der Waals surface area contributed by atoms with Gasteiger partial charge in [-0.2, -0.15) is 0 Å². The summed E-state index contributed by atoms with van der Waals surface area (Å²) < 4.78 is 0. The van der Waals surface area contributed by atoms with Crippen molar-refractivity contribution in [2.24, 2.45) is 0 Å². The maximum absolute atomic E-state index is 11.7. The Morgan fingerprint density at radius 2 is 1.04 bits per heavy atom. The Morgan fingerprint density at radius 3 is 1.35 bits per heavy atom. The normalized spacial score (nSPS) is 11.0. The van der Waals surface area contributed by atoms with Gasteiger partial charge in [-0.05, 0) is 12.1 Å². The van der Waals surface area contributed by atoms with Gasteiger partial charge in [0.15, 0.2) is 0 Å². The Kier molecular flexibility index (Phi) is 4.15. The molecule has 2 aromatic carbocycles. The van der Waals surface area contributed by atoms with Crippen LogP contribution in [0.3, 0.4) is 0 Å². The number of benzene rings is 2. The molecule has 0 aliphatic rings. The van der Waals surface area contributed by atoms with Crippen LogP contribution < -0.4 is 0 Å². The van der Waals surface area contributed by atoms with Crippen molar-refractivity contribution in [1.29, 1.82) is 0 Å². The minimum Gasteiger partial charge on any atom is -0.479 e. The SMILES string of the molecule is O=C(O)c1ccccc1C(O)(C(=O)O)c1ccccc1C(=O)O. The van der Waals surface area contributed by atoms with Crippen LogP contribution in [-0.2, 0) is 10.4 Å². The van der Waals surface area contributed by atoms with Gasteiger partial charge in [-0.25, -0.2) is 14.4 Å². The standard InChI is InChI=1S/C16H12O7/c17-13(18)9-5-1-3-7-11(9)16(23,15(21)22)12-8-4-2-6-10(12)14(19)20/h1-8,23H,(H,17,18)(H,19,20)(H,21,22). The van der Waals surface area contributed by atoms with Crippen LogP contribution in [0.4, 0.5) is 0 Å². The molecule has 0 aliphatic carbocycles. The number of aliphatic hydroxyl groups is 1. The molecule has 7 heteroatoms. The zero-order valence-electron chi connectivity index (χ0n) is 11.6. The van der Waals surface area contributed by atoms with Crippen molar-refractivity contribution in [3.8, 4) is 0 Å². The summed E-state index contributed by atoms with van der Waals surface area (Å²) in [7, 11) is 0. The van der Waals surface area contributed by atoms with Gasteiger partial charge in [-0.15, -0.1) is 0 Å². The molecule has 0 bridgehead atoms. The summed E-state index contributed by atoms with van der Waals surface area (Å²) in [5.41, 5.74) is -4.53. The van der Waals surface area contributed by atoms with Crippen LogP contribution in [-0.4, -0.2) is 38.3 Å². The van der Waals surface area contributed by atoms with Gasteiger partial charge >= 0.3 is 17.9 Å². The first-order chi connectivity index (χ1) is 10.8. The minimum absolute atomic E-state index is 0.422. The van der Waals surface area contributed by atoms with E-state index in [1.165, 1.54) is 24.3 Å². The largest absolute Gasteiger partial charge is 0.479 e. The summed E-state index contributed by atoms with van der Waals surface area (Å²) in [6.45, 7) is 0. The lowest BCUT2D eigenvalue weighted by atomic mass is 9.81. The van der Waals surface area contributed by atoms with Gasteiger partial charge in [0.25, 0.3) is 0 Å². The second-order valence-electron chi connectivity index (χ2n) is 4.72. The Hall–Kier alpha value is -3.19. The van der Waals surface area contributed by atoms with E-state index >= 15 is 0 Å². The van der Waals surface area contributed by atoms with E-state index in [1.807, 2.05) is 0 Å². The maximum Gasteiger partial charge on any atom is 0.345 e. The maximum atomic E-state index is 11.7. The average molecular weight is 316 g/mol. The van der Waals surface area contributed by atoms with Crippen molar-refractivity contribution in [2.75, 3.05) is 0 Å². The summed E-state index contributed by atoms with van der Waals surface area (Å²) >= 11 is 0. The second-order valence-corrected chi connectivity index (χ2v) is 4.72. The number of aliphatic carboxylic acids is 1. The lowest BCUT2D eigenvalue weighted by Crippen LogP contribution is -2.39. The molecule has 0 saturated heterocycles. The Bertz CT molecular complexity index is 737. The van der Waals surface area contributed by atoms with Gasteiger partial charge in [-0.1, -0.05) is 36.4 Å². The number of hydrogen-bond acceptors (Lipinski definition) is 4. The molecule has 2 aromatic rings. The first kappa shape index (κ1) is 16.2. The molecule has 0 atom stereocenters. The van der Waals surface area contributed by atoms with E-state index in [-0.39, 0.29) is 0 Å². The van der Waals surface area contributed by atoms with Crippen LogP contribution in [0.25, 0.3) is 0 Å². The first-order valence-corrected chi connectivity index (χ1v) is 6.41. The monoisotopic (exact) mass is 316 g/mol. The molecule has 0 amide bonds. The number of carbonyl (C=O) groups is 3. The van der Waals surface area contributed by atoms with Crippen molar-refractivity contribution >= 4 is 17.9 Å². The number of rotatable bonds is 5. The molecule has 4 N–H and O–H groups in total. The van der Waals surface area contributed by atoms with Crippen LogP contribution in [0.5, 0.6) is 0 Å². The van der Waals surface area contributed by atoms with Gasteiger partial charge in [0, 0.05) is 11.1 Å². The molecule has 0 unspecified atom stereocenters. The van der Waals surface area contributed by atoms with Crippen LogP contribution in [0.15, 0.2) is 48.5 Å². The molecular formula is C16H12O7. The molecule has 0 aromatic heterocycles. The van der Waals surface area contributed by atoms with Crippen LogP contribution in [0.2, 0.25) is 0 Å². The van der Waals surface area contributed by atoms with E-state index in [1.54, 1.807) is 0 Å². The van der Waals surface area contributed by atoms with Gasteiger partial charge in [0.1, 0.15) is 0 Å². The molecule has 0 heterocycles. The molecule has 0 radical (unpaired) electrons. The van der Waals surface area contributed by atoms with Crippen LogP contribution in [0.1, 0.15) is 31.8 Å². The van der Waals surface area contributed by atoms with Crippen molar-refractivity contribution in [1.82, 2.24) is 0 Å². The number of hydrogen-bond donors (Lipinski definition) is 4. The lowest BCUT2D eigenvalue weighted by molar-refractivity contribution is -0.155. The van der Waals surface area contributed by atoms with E-state index in [9.17, 15) is 34.8 Å². The van der Waals surface area contributed by atoms with Gasteiger partial charge in [0.2, 0.25) is 5.60 Å². The van der Waals surface area contributed by atoms with Crippen molar-refractivity contribution in [3.63, 3.8) is 0 Å². The number of carboxylic acid groups (broad SMARTS) is 3. The summed E-state index contributed by atoms with van der Waals surface area (Å²) in [4.78, 5) is 34.4. The number of carboxylic acids is 3. The highest BCUT2D eigenvalue weighted by atomic mass is 16.4. The molecular weight excluding hydrogens is 304 g/mol. The third-order valence-electron chi connectivity index (χ3n) is 3.40. The summed E-state index contributed by atoms with van der Waals surface area (Å²) in [5, 5.41) is 38.7. The fraction of sp³-hybridized carbons (Fsp3) is 0.0625. The highest BCUT2D eigenvalue weighted by Crippen LogP contribution is 2.34. The zero-order chi connectivity index (χ0) is 17.2. The van der Waals surface area contributed by atoms with Crippen molar-refractivity contribution < 1.29 is 34.8 Å². The smallest absolute Gasteiger partial charge is 0.345 e. The molecule has 23 heavy (non-hydrogen) atoms. The highest BCUT2D eigenvalue weighted by Gasteiger charge is 2.45.